The van der Waals surface area contributed by atoms with Crippen LogP contribution in [0.1, 0.15) is 19.4 Å². The van der Waals surface area contributed by atoms with E-state index in [0.717, 1.165) is 11.5 Å². The van der Waals surface area contributed by atoms with E-state index < -0.39 is 0 Å². The number of hydrogen-bond acceptors (Lipinski definition) is 2. The van der Waals surface area contributed by atoms with Gasteiger partial charge in [0.25, 0.3) is 0 Å². The third-order valence-corrected chi connectivity index (χ3v) is 1.53. The maximum atomic E-state index is 5.16. The second-order valence-corrected chi connectivity index (χ2v) is 2.36. The molecule has 0 radical (unpaired) electrons. The minimum Gasteiger partial charge on any atom is -0.454 e. The normalized spacial score (nSPS) is 11.0. The minimum absolute atomic E-state index is 0. The zero-order chi connectivity index (χ0) is 8.97. The molecule has 0 aromatic heterocycles. The van der Waals surface area contributed by atoms with Crippen LogP contribution in [0, 0.1) is 44.7 Å². The van der Waals surface area contributed by atoms with Gasteiger partial charge in [0.05, 0.1) is 0 Å². The number of benzene rings is 1. The van der Waals surface area contributed by atoms with Gasteiger partial charge in [0.2, 0.25) is 6.79 Å². The van der Waals surface area contributed by atoms with Crippen LogP contribution >= 0.6 is 0 Å². The van der Waals surface area contributed by atoms with E-state index in [-0.39, 0.29) is 37.7 Å². The molecule has 1 aliphatic rings. The fourth-order valence-corrected chi connectivity index (χ4v) is 1.00. The summed E-state index contributed by atoms with van der Waals surface area (Å²) in [6, 6.07) is 5.91. The summed E-state index contributed by atoms with van der Waals surface area (Å²) >= 11 is 0. The van der Waals surface area contributed by atoms with Crippen molar-refractivity contribution in [1.29, 1.82) is 0 Å². The molecule has 2 rings (SSSR count). The van der Waals surface area contributed by atoms with Crippen molar-refractivity contribution in [3.63, 3.8) is 0 Å². The predicted octanol–water partition coefficient (Wildman–Crippen LogP) is 2.75. The first-order chi connectivity index (χ1) is 5.86. The quantitative estimate of drug-likeness (QED) is 0.649. The fourth-order valence-electron chi connectivity index (χ4n) is 1.00. The van der Waals surface area contributed by atoms with Crippen molar-refractivity contribution in [2.75, 3.05) is 6.79 Å². The van der Waals surface area contributed by atoms with Gasteiger partial charge in [-0.1, -0.05) is 19.9 Å². The number of fused-ring (bicyclic) bond motifs is 1. The summed E-state index contributed by atoms with van der Waals surface area (Å²) in [5.74, 6) is 1.71. The maximum absolute atomic E-state index is 5.16. The van der Waals surface area contributed by atoms with E-state index in [0.29, 0.717) is 6.79 Å². The van der Waals surface area contributed by atoms with Crippen LogP contribution in [0.2, 0.25) is 0 Å². The molecule has 13 heavy (non-hydrogen) atoms. The Hall–Kier alpha value is 0.0797. The molecule has 0 atom stereocenters. The van der Waals surface area contributed by atoms with Crippen LogP contribution in [0.4, 0.5) is 0 Å². The van der Waals surface area contributed by atoms with Crippen LogP contribution in [-0.4, -0.2) is 6.79 Å². The minimum atomic E-state index is 0. The molecular formula is C10H14ArO2. The summed E-state index contributed by atoms with van der Waals surface area (Å²) in [5.41, 5.74) is 1.20. The largest absolute Gasteiger partial charge is 0.454 e. The van der Waals surface area contributed by atoms with Crippen molar-refractivity contribution in [1.82, 2.24) is 0 Å². The van der Waals surface area contributed by atoms with Gasteiger partial charge in [0.1, 0.15) is 0 Å². The third-order valence-electron chi connectivity index (χ3n) is 1.53. The van der Waals surface area contributed by atoms with Crippen LogP contribution in [0.25, 0.3) is 0 Å². The molecule has 3 heteroatoms. The Morgan fingerprint density at radius 1 is 1.08 bits per heavy atom. The summed E-state index contributed by atoms with van der Waals surface area (Å²) in [7, 11) is 0. The topological polar surface area (TPSA) is 18.5 Å². The molecule has 0 saturated heterocycles. The van der Waals surface area contributed by atoms with Gasteiger partial charge in [0.15, 0.2) is 11.5 Å². The fraction of sp³-hybridized carbons (Fsp3) is 0.400. The van der Waals surface area contributed by atoms with Crippen molar-refractivity contribution >= 4 is 0 Å². The van der Waals surface area contributed by atoms with Crippen LogP contribution < -0.4 is 9.47 Å². The van der Waals surface area contributed by atoms with E-state index in [9.17, 15) is 0 Å². The summed E-state index contributed by atoms with van der Waals surface area (Å²) < 4.78 is 10.3. The molecule has 1 heterocycles. The Morgan fingerprint density at radius 2 is 1.69 bits per heavy atom. The zero-order valence-electron chi connectivity index (χ0n) is 8.11. The Kier molecular flexibility index (Phi) is 6.56. The van der Waals surface area contributed by atoms with Gasteiger partial charge in [-0.2, -0.15) is 0 Å². The van der Waals surface area contributed by atoms with Crippen molar-refractivity contribution in [3.05, 3.63) is 23.8 Å². The summed E-state index contributed by atoms with van der Waals surface area (Å²) in [6.45, 7) is 6.39. The Morgan fingerprint density at radius 3 is 2.38 bits per heavy atom. The number of hydrogen-bond donors (Lipinski definition) is 0. The van der Waals surface area contributed by atoms with Crippen LogP contribution in [0.5, 0.6) is 11.5 Å². The Labute approximate surface area is 109 Å². The third kappa shape index (κ3) is 3.37. The van der Waals surface area contributed by atoms with Gasteiger partial charge in [-0.25, -0.2) is 0 Å². The number of ether oxygens (including phenoxy) is 2. The number of rotatable bonds is 0. The molecule has 74 valence electrons. The maximum Gasteiger partial charge on any atom is 0.231 e. The standard InChI is InChI=1S/C8H8O2.C2H6.Ar/c1-6-2-3-7-8(4-6)10-5-9-7;1-2;/h2-4H,5H2,1H3;1-2H3;. The first kappa shape index (κ1) is 13.1. The molecule has 2 nitrogen and oxygen atoms in total. The monoisotopic (exact) mass is 206 g/mol. The van der Waals surface area contributed by atoms with Crippen molar-refractivity contribution in [2.24, 2.45) is 0 Å². The molecule has 0 bridgehead atoms. The molecule has 0 spiro atoms. The smallest absolute Gasteiger partial charge is 0.231 e. The molecule has 0 N–H and O–H groups in total. The van der Waals surface area contributed by atoms with E-state index >= 15 is 0 Å². The van der Waals surface area contributed by atoms with Gasteiger partial charge in [-0.05, 0) is 24.6 Å². The van der Waals surface area contributed by atoms with Crippen molar-refractivity contribution in [2.45, 2.75) is 20.8 Å². The summed E-state index contributed by atoms with van der Waals surface area (Å²) in [6.07, 6.45) is 0. The molecule has 0 saturated carbocycles. The van der Waals surface area contributed by atoms with Gasteiger partial charge in [0, 0.05) is 37.7 Å². The molecular weight excluding hydrogens is 192 g/mol. The average molecular weight is 206 g/mol. The van der Waals surface area contributed by atoms with Gasteiger partial charge < -0.3 is 9.47 Å². The van der Waals surface area contributed by atoms with Crippen molar-refractivity contribution < 1.29 is 47.2 Å². The first-order valence-electron chi connectivity index (χ1n) is 4.22. The van der Waals surface area contributed by atoms with E-state index in [4.69, 9.17) is 9.47 Å². The first-order valence-corrected chi connectivity index (χ1v) is 4.22. The van der Waals surface area contributed by atoms with Crippen molar-refractivity contribution in [3.8, 4) is 11.5 Å². The molecule has 0 amide bonds. The van der Waals surface area contributed by atoms with E-state index in [2.05, 4.69) is 0 Å². The van der Waals surface area contributed by atoms with E-state index in [1.165, 1.54) is 5.56 Å². The van der Waals surface area contributed by atoms with Gasteiger partial charge in [-0.15, -0.1) is 0 Å². The van der Waals surface area contributed by atoms with Crippen LogP contribution in [0.3, 0.4) is 0 Å². The number of aryl methyl sites for hydroxylation is 1. The van der Waals surface area contributed by atoms with Gasteiger partial charge in [-0.3, -0.25) is 0 Å². The summed E-state index contributed by atoms with van der Waals surface area (Å²) in [4.78, 5) is 0. The van der Waals surface area contributed by atoms with Gasteiger partial charge >= 0.3 is 0 Å². The zero-order valence-corrected chi connectivity index (χ0v) is 8.82. The van der Waals surface area contributed by atoms with Crippen LogP contribution in [-0.2, 0) is 0 Å². The van der Waals surface area contributed by atoms with E-state index in [1.54, 1.807) is 0 Å². The SMILES string of the molecule is CC.Cc1ccc2c(c1)OCO2.[Ar]. The molecule has 0 aliphatic carbocycles. The van der Waals surface area contributed by atoms with Crippen LogP contribution in [0.15, 0.2) is 18.2 Å². The van der Waals surface area contributed by atoms with E-state index in [1.807, 2.05) is 39.0 Å². The molecule has 1 aliphatic heterocycles. The second-order valence-electron chi connectivity index (χ2n) is 2.36. The molecule has 1 aromatic carbocycles. The second kappa shape index (κ2) is 6.52. The average Bonchev–Trinajstić information content (AvgIpc) is 2.54. The Bertz CT molecular complexity index is 261. The Balaban J connectivity index is 0.000000451. The molecule has 0 fully saturated rings. The molecule has 0 unspecified atom stereocenters. The molecule has 1 aromatic rings. The summed E-state index contributed by atoms with van der Waals surface area (Å²) in [5, 5.41) is 0. The predicted molar refractivity (Wildman–Crippen MR) is 48.7 cm³/mol.